The first-order chi connectivity index (χ1) is 16.5. The third-order valence-electron chi connectivity index (χ3n) is 6.56. The minimum absolute atomic E-state index is 0.0949. The second-order valence-corrected chi connectivity index (χ2v) is 9.08. The molecule has 2 aromatic carbocycles. The maximum absolute atomic E-state index is 13.7. The van der Waals surface area contributed by atoms with Crippen LogP contribution >= 0.6 is 0 Å². The van der Waals surface area contributed by atoms with E-state index in [1.165, 1.54) is 5.56 Å². The van der Waals surface area contributed by atoms with Crippen LogP contribution in [0, 0.1) is 0 Å². The highest BCUT2D eigenvalue weighted by Gasteiger charge is 2.26. The molecule has 5 nitrogen and oxygen atoms in total. The molecule has 1 atom stereocenters. The normalized spacial score (nSPS) is 12.1. The van der Waals surface area contributed by atoms with Gasteiger partial charge in [-0.3, -0.25) is 14.2 Å². The van der Waals surface area contributed by atoms with Gasteiger partial charge in [-0.05, 0) is 56.0 Å². The summed E-state index contributed by atoms with van der Waals surface area (Å²) in [4.78, 5) is 33.9. The van der Waals surface area contributed by atoms with E-state index in [0.29, 0.717) is 29.7 Å². The molecule has 0 saturated carbocycles. The number of fused-ring (bicyclic) bond motifs is 1. The molecule has 0 aliphatic carbocycles. The molecule has 0 bridgehead atoms. The lowest BCUT2D eigenvalue weighted by Gasteiger charge is -2.31. The third kappa shape index (κ3) is 5.94. The van der Waals surface area contributed by atoms with Crippen LogP contribution in [0.3, 0.4) is 0 Å². The second kappa shape index (κ2) is 12.5. The predicted octanol–water partition coefficient (Wildman–Crippen LogP) is 6.61. The maximum atomic E-state index is 13.7. The van der Waals surface area contributed by atoms with Crippen LogP contribution in [0.5, 0.6) is 0 Å². The Balaban J connectivity index is 2.08. The summed E-state index contributed by atoms with van der Waals surface area (Å²) in [5.41, 5.74) is 2.57. The minimum atomic E-state index is -0.312. The number of rotatable bonds is 12. The highest BCUT2D eigenvalue weighted by molar-refractivity contribution is 5.79. The van der Waals surface area contributed by atoms with E-state index >= 15 is 0 Å². The van der Waals surface area contributed by atoms with Gasteiger partial charge in [0, 0.05) is 13.0 Å². The first-order valence-corrected chi connectivity index (χ1v) is 12.9. The number of hydrogen-bond acceptors (Lipinski definition) is 3. The van der Waals surface area contributed by atoms with Crippen LogP contribution in [0.1, 0.15) is 90.1 Å². The molecule has 1 amide bonds. The number of nitrogens with zero attached hydrogens (tertiary/aromatic N) is 3. The molecule has 0 radical (unpaired) electrons. The smallest absolute Gasteiger partial charge is 0.266 e. The summed E-state index contributed by atoms with van der Waals surface area (Å²) in [5.74, 6) is 0.762. The number of carbonyl (C=O) groups excluding carboxylic acids is 1. The third-order valence-corrected chi connectivity index (χ3v) is 6.56. The molecule has 0 fully saturated rings. The van der Waals surface area contributed by atoms with Crippen molar-refractivity contribution in [2.75, 3.05) is 6.54 Å². The van der Waals surface area contributed by atoms with E-state index in [2.05, 4.69) is 32.9 Å². The lowest BCUT2D eigenvalue weighted by molar-refractivity contribution is -0.133. The lowest BCUT2D eigenvalue weighted by Crippen LogP contribution is -2.38. The number of aryl methyl sites for hydroxylation is 1. The Hall–Kier alpha value is -2.95. The molecule has 1 heterocycles. The van der Waals surface area contributed by atoms with E-state index in [1.54, 1.807) is 4.57 Å². The number of hydrogen-bond donors (Lipinski definition) is 0. The standard InChI is InChI=1S/C29H39N3O2/c1-5-8-10-11-16-27(33)31(21-9-6-2)22(4)28-30-26-15-13-12-14-25(26)29(34)32(28)24-19-17-23(7-3)18-20-24/h12-15,17-20,22H,5-11,16,21H2,1-4H3. The molecule has 182 valence electrons. The average molecular weight is 462 g/mol. The lowest BCUT2D eigenvalue weighted by atomic mass is 10.1. The fraction of sp³-hybridized carbons (Fsp3) is 0.483. The van der Waals surface area contributed by atoms with Crippen LogP contribution in [0.15, 0.2) is 53.3 Å². The molecule has 5 heteroatoms. The Bertz CT molecular complexity index is 1130. The van der Waals surface area contributed by atoms with E-state index in [1.807, 2.05) is 48.2 Å². The van der Waals surface area contributed by atoms with Gasteiger partial charge in [-0.1, -0.05) is 70.7 Å². The molecular weight excluding hydrogens is 422 g/mol. The molecule has 1 unspecified atom stereocenters. The molecule has 0 N–H and O–H groups in total. The zero-order chi connectivity index (χ0) is 24.5. The van der Waals surface area contributed by atoms with Crippen molar-refractivity contribution in [3.05, 3.63) is 70.3 Å². The van der Waals surface area contributed by atoms with Crippen molar-refractivity contribution in [1.82, 2.24) is 14.5 Å². The average Bonchev–Trinajstić information content (AvgIpc) is 2.86. The minimum Gasteiger partial charge on any atom is -0.333 e. The van der Waals surface area contributed by atoms with E-state index in [9.17, 15) is 9.59 Å². The highest BCUT2D eigenvalue weighted by atomic mass is 16.2. The van der Waals surface area contributed by atoms with Crippen LogP contribution in [0.4, 0.5) is 0 Å². The van der Waals surface area contributed by atoms with Crippen molar-refractivity contribution in [2.45, 2.75) is 85.1 Å². The van der Waals surface area contributed by atoms with Gasteiger partial charge in [0.1, 0.15) is 5.82 Å². The highest BCUT2D eigenvalue weighted by Crippen LogP contribution is 2.25. The fourth-order valence-corrected chi connectivity index (χ4v) is 4.41. The van der Waals surface area contributed by atoms with E-state index < -0.39 is 0 Å². The fourth-order valence-electron chi connectivity index (χ4n) is 4.41. The second-order valence-electron chi connectivity index (χ2n) is 9.08. The van der Waals surface area contributed by atoms with Gasteiger partial charge in [0.25, 0.3) is 5.56 Å². The summed E-state index contributed by atoms with van der Waals surface area (Å²) in [5, 5.41) is 0.587. The van der Waals surface area contributed by atoms with Gasteiger partial charge < -0.3 is 4.90 Å². The number of benzene rings is 2. The predicted molar refractivity (Wildman–Crippen MR) is 141 cm³/mol. The summed E-state index contributed by atoms with van der Waals surface area (Å²) in [6, 6.07) is 15.2. The van der Waals surface area contributed by atoms with Gasteiger partial charge in [-0.25, -0.2) is 4.98 Å². The van der Waals surface area contributed by atoms with Gasteiger partial charge in [0.05, 0.1) is 22.6 Å². The summed E-state index contributed by atoms with van der Waals surface area (Å²) in [7, 11) is 0. The quantitative estimate of drug-likeness (QED) is 0.285. The van der Waals surface area contributed by atoms with Crippen LogP contribution in [0.2, 0.25) is 0 Å². The van der Waals surface area contributed by atoms with Crippen LogP contribution in [0.25, 0.3) is 16.6 Å². The largest absolute Gasteiger partial charge is 0.333 e. The Kier molecular flexibility index (Phi) is 9.43. The topological polar surface area (TPSA) is 55.2 Å². The Morgan fingerprint density at radius 3 is 2.32 bits per heavy atom. The summed E-state index contributed by atoms with van der Waals surface area (Å²) in [6.07, 6.45) is 7.67. The molecule has 0 spiro atoms. The molecule has 3 aromatic rings. The van der Waals surface area contributed by atoms with E-state index in [-0.39, 0.29) is 17.5 Å². The molecule has 0 aliphatic heterocycles. The van der Waals surface area contributed by atoms with Gasteiger partial charge in [0.15, 0.2) is 0 Å². The number of aromatic nitrogens is 2. The van der Waals surface area contributed by atoms with E-state index in [0.717, 1.165) is 50.6 Å². The first-order valence-electron chi connectivity index (χ1n) is 12.9. The van der Waals surface area contributed by atoms with Gasteiger partial charge in [-0.2, -0.15) is 0 Å². The van der Waals surface area contributed by atoms with Gasteiger partial charge in [0.2, 0.25) is 5.91 Å². The molecule has 34 heavy (non-hydrogen) atoms. The number of unbranched alkanes of at least 4 members (excludes halogenated alkanes) is 4. The van der Waals surface area contributed by atoms with Crippen LogP contribution < -0.4 is 5.56 Å². The van der Waals surface area contributed by atoms with Gasteiger partial charge >= 0.3 is 0 Å². The zero-order valence-electron chi connectivity index (χ0n) is 21.2. The molecule has 1 aromatic heterocycles. The zero-order valence-corrected chi connectivity index (χ0v) is 21.2. The first kappa shape index (κ1) is 25.7. The number of para-hydroxylation sites is 1. The van der Waals surface area contributed by atoms with Crippen molar-refractivity contribution in [3.63, 3.8) is 0 Å². The number of carbonyl (C=O) groups is 1. The van der Waals surface area contributed by atoms with Crippen molar-refractivity contribution in [3.8, 4) is 5.69 Å². The number of amides is 1. The Morgan fingerprint density at radius 1 is 0.941 bits per heavy atom. The van der Waals surface area contributed by atoms with Crippen molar-refractivity contribution < 1.29 is 4.79 Å². The summed E-state index contributed by atoms with van der Waals surface area (Å²) in [6.45, 7) is 9.10. The monoisotopic (exact) mass is 461 g/mol. The Morgan fingerprint density at radius 2 is 1.65 bits per heavy atom. The van der Waals surface area contributed by atoms with Gasteiger partial charge in [-0.15, -0.1) is 0 Å². The molecule has 3 rings (SSSR count). The SMILES string of the molecule is CCCCCCC(=O)N(CCCC)C(C)c1nc2ccccc2c(=O)n1-c1ccc(CC)cc1. The maximum Gasteiger partial charge on any atom is 0.266 e. The Labute approximate surface area is 203 Å². The van der Waals surface area contributed by atoms with Crippen LogP contribution in [-0.2, 0) is 11.2 Å². The summed E-state index contributed by atoms with van der Waals surface area (Å²) >= 11 is 0. The summed E-state index contributed by atoms with van der Waals surface area (Å²) < 4.78 is 1.70. The molecule has 0 aliphatic rings. The molecule has 0 saturated heterocycles. The van der Waals surface area contributed by atoms with E-state index in [4.69, 9.17) is 4.98 Å². The van der Waals surface area contributed by atoms with Crippen molar-refractivity contribution in [2.24, 2.45) is 0 Å². The van der Waals surface area contributed by atoms with Crippen molar-refractivity contribution in [1.29, 1.82) is 0 Å². The van der Waals surface area contributed by atoms with Crippen LogP contribution in [-0.4, -0.2) is 26.9 Å². The molecular formula is C29H39N3O2. The van der Waals surface area contributed by atoms with Crippen molar-refractivity contribution >= 4 is 16.8 Å².